The predicted molar refractivity (Wildman–Crippen MR) is 87.9 cm³/mol. The minimum Gasteiger partial charge on any atom is -0.481 e. The first-order chi connectivity index (χ1) is 11.2. The van der Waals surface area contributed by atoms with Gasteiger partial charge in [0.1, 0.15) is 0 Å². The van der Waals surface area contributed by atoms with Gasteiger partial charge in [0.15, 0.2) is 11.2 Å². The molecule has 0 unspecified atom stereocenters. The fraction of sp³-hybridized carbons (Fsp3) is 0.625. The molecule has 3 rings (SSSR count). The van der Waals surface area contributed by atoms with Crippen molar-refractivity contribution in [1.82, 2.24) is 18.7 Å². The smallest absolute Gasteiger partial charge is 0.332 e. The molecule has 0 radical (unpaired) electrons. The van der Waals surface area contributed by atoms with Crippen molar-refractivity contribution in [3.05, 3.63) is 27.2 Å². The van der Waals surface area contributed by atoms with Crippen molar-refractivity contribution < 1.29 is 9.90 Å². The van der Waals surface area contributed by atoms with Crippen LogP contribution in [0.25, 0.3) is 11.2 Å². The summed E-state index contributed by atoms with van der Waals surface area (Å²) in [6, 6.07) is 0. The van der Waals surface area contributed by atoms with Gasteiger partial charge in [-0.1, -0.05) is 0 Å². The Morgan fingerprint density at radius 1 is 1.33 bits per heavy atom. The number of carboxylic acid groups (broad SMARTS) is 1. The van der Waals surface area contributed by atoms with Crippen LogP contribution in [0, 0.1) is 11.3 Å². The quantitative estimate of drug-likeness (QED) is 0.891. The largest absolute Gasteiger partial charge is 0.481 e. The summed E-state index contributed by atoms with van der Waals surface area (Å²) in [6.45, 7) is 2.08. The van der Waals surface area contributed by atoms with Gasteiger partial charge in [0.2, 0.25) is 0 Å². The third kappa shape index (κ3) is 2.46. The maximum atomic E-state index is 12.7. The minimum absolute atomic E-state index is 0.133. The summed E-state index contributed by atoms with van der Waals surface area (Å²) < 4.78 is 4.27. The van der Waals surface area contributed by atoms with Crippen LogP contribution in [0.15, 0.2) is 15.9 Å². The molecule has 2 aromatic heterocycles. The Hall–Kier alpha value is -2.38. The van der Waals surface area contributed by atoms with E-state index in [9.17, 15) is 19.5 Å². The molecule has 8 nitrogen and oxygen atoms in total. The van der Waals surface area contributed by atoms with Crippen LogP contribution in [-0.2, 0) is 25.4 Å². The van der Waals surface area contributed by atoms with Crippen molar-refractivity contribution in [3.8, 4) is 0 Å². The van der Waals surface area contributed by atoms with Crippen LogP contribution >= 0.6 is 0 Å². The van der Waals surface area contributed by atoms with Gasteiger partial charge in [0.25, 0.3) is 5.56 Å². The number of fused-ring (bicyclic) bond motifs is 1. The summed E-state index contributed by atoms with van der Waals surface area (Å²) in [6.07, 6.45) is 4.05. The monoisotopic (exact) mass is 334 g/mol. The molecule has 0 bridgehead atoms. The van der Waals surface area contributed by atoms with E-state index in [1.807, 2.05) is 0 Å². The van der Waals surface area contributed by atoms with E-state index in [0.29, 0.717) is 43.4 Å². The van der Waals surface area contributed by atoms with E-state index in [-0.39, 0.29) is 17.2 Å². The van der Waals surface area contributed by atoms with Crippen molar-refractivity contribution in [2.45, 2.75) is 39.2 Å². The van der Waals surface area contributed by atoms with E-state index in [1.54, 1.807) is 25.6 Å². The van der Waals surface area contributed by atoms with Crippen molar-refractivity contribution in [2.75, 3.05) is 0 Å². The van der Waals surface area contributed by atoms with E-state index in [0.717, 1.165) is 0 Å². The molecule has 2 heterocycles. The van der Waals surface area contributed by atoms with Crippen molar-refractivity contribution >= 4 is 17.1 Å². The summed E-state index contributed by atoms with van der Waals surface area (Å²) in [5, 5.41) is 9.31. The van der Waals surface area contributed by atoms with Gasteiger partial charge in [0.05, 0.1) is 11.7 Å². The van der Waals surface area contributed by atoms with Gasteiger partial charge in [-0.05, 0) is 38.5 Å². The van der Waals surface area contributed by atoms with Gasteiger partial charge in [0, 0.05) is 20.6 Å². The van der Waals surface area contributed by atoms with E-state index in [2.05, 4.69) is 4.98 Å². The van der Waals surface area contributed by atoms with Crippen LogP contribution < -0.4 is 11.2 Å². The summed E-state index contributed by atoms with van der Waals surface area (Å²) in [5.74, 6) is -0.640. The third-order valence-electron chi connectivity index (χ3n) is 5.37. The number of imidazole rings is 1. The molecule has 24 heavy (non-hydrogen) atoms. The lowest BCUT2D eigenvalue weighted by Crippen LogP contribution is -2.42. The number of nitrogens with zero attached hydrogens (tertiary/aromatic N) is 4. The maximum absolute atomic E-state index is 12.7. The van der Waals surface area contributed by atoms with Crippen LogP contribution in [0.2, 0.25) is 0 Å². The molecule has 1 saturated carbocycles. The highest BCUT2D eigenvalue weighted by atomic mass is 16.4. The molecular formula is C16H22N4O4. The molecule has 0 aliphatic heterocycles. The highest BCUT2D eigenvalue weighted by Crippen LogP contribution is 2.39. The van der Waals surface area contributed by atoms with E-state index in [4.69, 9.17) is 0 Å². The summed E-state index contributed by atoms with van der Waals surface area (Å²) >= 11 is 0. The SMILES string of the molecule is Cn1cnc2c1c(=O)n(CC1CCC(C)(C(=O)O)CC1)c(=O)n2C. The summed E-state index contributed by atoms with van der Waals surface area (Å²) in [5.41, 5.74) is -0.620. The lowest BCUT2D eigenvalue weighted by atomic mass is 9.72. The standard InChI is InChI=1S/C16H22N4O4/c1-16(14(22)23)6-4-10(5-7-16)8-20-13(21)11-12(17-9-18(11)2)19(3)15(20)24/h9-10H,4-8H2,1-3H3,(H,22,23). The first-order valence-electron chi connectivity index (χ1n) is 8.09. The molecule has 1 aliphatic rings. The number of aryl methyl sites for hydroxylation is 2. The number of hydrogen-bond donors (Lipinski definition) is 1. The van der Waals surface area contributed by atoms with Crippen LogP contribution in [0.4, 0.5) is 0 Å². The van der Waals surface area contributed by atoms with Crippen molar-refractivity contribution in [1.29, 1.82) is 0 Å². The van der Waals surface area contributed by atoms with Crippen LogP contribution in [0.3, 0.4) is 0 Å². The number of hydrogen-bond acceptors (Lipinski definition) is 4. The number of carbonyl (C=O) groups is 1. The third-order valence-corrected chi connectivity index (χ3v) is 5.37. The number of carboxylic acids is 1. The Bertz CT molecular complexity index is 913. The van der Waals surface area contributed by atoms with E-state index in [1.165, 1.54) is 15.5 Å². The molecule has 1 aliphatic carbocycles. The number of aromatic nitrogens is 4. The average molecular weight is 334 g/mol. The van der Waals surface area contributed by atoms with Gasteiger partial charge in [-0.2, -0.15) is 0 Å². The Kier molecular flexibility index (Phi) is 3.85. The molecule has 2 aromatic rings. The highest BCUT2D eigenvalue weighted by molar-refractivity contribution is 5.74. The fourth-order valence-electron chi connectivity index (χ4n) is 3.53. The molecule has 0 amide bonds. The van der Waals surface area contributed by atoms with Crippen LogP contribution in [-0.4, -0.2) is 29.8 Å². The Morgan fingerprint density at radius 2 is 1.96 bits per heavy atom. The van der Waals surface area contributed by atoms with E-state index < -0.39 is 11.4 Å². The Balaban J connectivity index is 1.92. The molecule has 8 heteroatoms. The molecule has 0 saturated heterocycles. The molecule has 1 fully saturated rings. The minimum atomic E-state index is -0.773. The average Bonchev–Trinajstić information content (AvgIpc) is 2.93. The Morgan fingerprint density at radius 3 is 2.54 bits per heavy atom. The second-order valence-electron chi connectivity index (χ2n) is 7.09. The molecule has 0 aromatic carbocycles. The van der Waals surface area contributed by atoms with Crippen molar-refractivity contribution in [2.24, 2.45) is 25.4 Å². The normalized spacial score (nSPS) is 24.4. The number of rotatable bonds is 3. The lowest BCUT2D eigenvalue weighted by Gasteiger charge is -2.33. The second kappa shape index (κ2) is 5.61. The molecule has 1 N–H and O–H groups in total. The van der Waals surface area contributed by atoms with Crippen LogP contribution in [0.5, 0.6) is 0 Å². The van der Waals surface area contributed by atoms with Gasteiger partial charge < -0.3 is 9.67 Å². The summed E-state index contributed by atoms with van der Waals surface area (Å²) in [4.78, 5) is 40.6. The second-order valence-corrected chi connectivity index (χ2v) is 7.09. The van der Waals surface area contributed by atoms with Gasteiger partial charge >= 0.3 is 11.7 Å². The van der Waals surface area contributed by atoms with Crippen molar-refractivity contribution in [3.63, 3.8) is 0 Å². The molecule has 0 atom stereocenters. The predicted octanol–water partition coefficient (Wildman–Crippen LogP) is 0.715. The fourth-order valence-corrected chi connectivity index (χ4v) is 3.53. The van der Waals surface area contributed by atoms with Gasteiger partial charge in [-0.15, -0.1) is 0 Å². The molecule has 0 spiro atoms. The van der Waals surface area contributed by atoms with Crippen LogP contribution in [0.1, 0.15) is 32.6 Å². The zero-order valence-corrected chi connectivity index (χ0v) is 14.2. The zero-order chi connectivity index (χ0) is 17.6. The van der Waals surface area contributed by atoms with E-state index >= 15 is 0 Å². The molecule has 130 valence electrons. The Labute approximate surface area is 138 Å². The zero-order valence-electron chi connectivity index (χ0n) is 14.2. The first-order valence-corrected chi connectivity index (χ1v) is 8.09. The first kappa shape index (κ1) is 16.5. The lowest BCUT2D eigenvalue weighted by molar-refractivity contribution is -0.150. The topological polar surface area (TPSA) is 99.1 Å². The van der Waals surface area contributed by atoms with Gasteiger partial charge in [-0.25, -0.2) is 9.78 Å². The maximum Gasteiger partial charge on any atom is 0.332 e. The highest BCUT2D eigenvalue weighted by Gasteiger charge is 2.37. The molecular weight excluding hydrogens is 312 g/mol. The summed E-state index contributed by atoms with van der Waals surface area (Å²) in [7, 11) is 3.33. The van der Waals surface area contributed by atoms with Gasteiger partial charge in [-0.3, -0.25) is 18.7 Å². The number of aliphatic carboxylic acids is 1.